The van der Waals surface area contributed by atoms with E-state index in [1.807, 2.05) is 0 Å². The van der Waals surface area contributed by atoms with Crippen molar-refractivity contribution in [3.63, 3.8) is 0 Å². The van der Waals surface area contributed by atoms with E-state index in [9.17, 15) is 18.0 Å². The van der Waals surface area contributed by atoms with Gasteiger partial charge in [0.1, 0.15) is 6.61 Å². The lowest BCUT2D eigenvalue weighted by Gasteiger charge is -2.25. The average Bonchev–Trinajstić information content (AvgIpc) is 2.90. The van der Waals surface area contributed by atoms with Crippen LogP contribution in [-0.2, 0) is 19.4 Å². The normalized spacial score (nSPS) is 24.2. The Bertz CT molecular complexity index is 748. The molecule has 0 radical (unpaired) electrons. The maximum Gasteiger partial charge on any atom is 0.283 e. The van der Waals surface area contributed by atoms with Gasteiger partial charge in [-0.25, -0.2) is 8.42 Å². The molecule has 0 aromatic heterocycles. The first-order chi connectivity index (χ1) is 11.4. The van der Waals surface area contributed by atoms with Crippen LogP contribution in [-0.4, -0.2) is 44.4 Å². The van der Waals surface area contributed by atoms with Crippen molar-refractivity contribution in [2.75, 3.05) is 18.1 Å². The van der Waals surface area contributed by atoms with Gasteiger partial charge in [-0.05, 0) is 24.5 Å². The fraction of sp³-hybridized carbons (Fsp3) is 0.467. The van der Waals surface area contributed by atoms with Crippen LogP contribution in [0.2, 0.25) is 0 Å². The number of fused-ring (bicyclic) bond motifs is 1. The summed E-state index contributed by atoms with van der Waals surface area (Å²) < 4.78 is 33.7. The highest BCUT2D eigenvalue weighted by molar-refractivity contribution is 7.91. The lowest BCUT2D eigenvalue weighted by Crippen LogP contribution is -2.51. The van der Waals surface area contributed by atoms with Crippen LogP contribution in [0.1, 0.15) is 12.8 Å². The van der Waals surface area contributed by atoms with Crippen LogP contribution >= 0.6 is 0 Å². The number of carbonyl (C=O) groups excluding carboxylic acids is 2. The van der Waals surface area contributed by atoms with E-state index in [0.29, 0.717) is 17.9 Å². The topological polar surface area (TPSA) is 111 Å². The maximum atomic E-state index is 12.0. The number of ether oxygens (including phenoxy) is 2. The van der Waals surface area contributed by atoms with Crippen molar-refractivity contribution in [2.45, 2.75) is 18.9 Å². The Labute approximate surface area is 139 Å². The van der Waals surface area contributed by atoms with Gasteiger partial charge in [-0.3, -0.25) is 20.4 Å². The Balaban J connectivity index is 1.45. The fourth-order valence-corrected chi connectivity index (χ4v) is 4.57. The van der Waals surface area contributed by atoms with E-state index in [4.69, 9.17) is 9.47 Å². The van der Waals surface area contributed by atoms with Gasteiger partial charge in [0, 0.05) is 6.42 Å². The van der Waals surface area contributed by atoms with Crippen molar-refractivity contribution in [1.82, 2.24) is 10.9 Å². The summed E-state index contributed by atoms with van der Waals surface area (Å²) in [5.41, 5.74) is 4.57. The number of hydrazine groups is 1. The van der Waals surface area contributed by atoms with Crippen molar-refractivity contribution in [3.05, 3.63) is 24.3 Å². The molecule has 2 amide bonds. The van der Waals surface area contributed by atoms with Gasteiger partial charge >= 0.3 is 0 Å². The van der Waals surface area contributed by atoms with Crippen LogP contribution in [0.15, 0.2) is 24.3 Å². The summed E-state index contributed by atoms with van der Waals surface area (Å²) in [7, 11) is -3.02. The highest BCUT2D eigenvalue weighted by Gasteiger charge is 2.30. The predicted octanol–water partition coefficient (Wildman–Crippen LogP) is -0.201. The zero-order valence-electron chi connectivity index (χ0n) is 12.9. The Hall–Kier alpha value is -2.29. The first-order valence-electron chi connectivity index (χ1n) is 7.60. The predicted molar refractivity (Wildman–Crippen MR) is 84.0 cm³/mol. The summed E-state index contributed by atoms with van der Waals surface area (Å²) >= 11 is 0. The molecule has 2 aliphatic rings. The molecule has 1 fully saturated rings. The van der Waals surface area contributed by atoms with E-state index in [-0.39, 0.29) is 30.5 Å². The second kappa shape index (κ2) is 6.68. The van der Waals surface area contributed by atoms with E-state index in [1.165, 1.54) is 0 Å². The fourth-order valence-electron chi connectivity index (χ4n) is 2.71. The number of benzene rings is 1. The Kier molecular flexibility index (Phi) is 4.61. The van der Waals surface area contributed by atoms with E-state index >= 15 is 0 Å². The molecule has 1 aromatic rings. The van der Waals surface area contributed by atoms with E-state index in [2.05, 4.69) is 10.9 Å². The molecule has 9 heteroatoms. The van der Waals surface area contributed by atoms with Gasteiger partial charge in [0.15, 0.2) is 21.3 Å². The van der Waals surface area contributed by atoms with Gasteiger partial charge in [-0.15, -0.1) is 0 Å². The third kappa shape index (κ3) is 3.97. The first kappa shape index (κ1) is 16.6. The van der Waals surface area contributed by atoms with E-state index < -0.39 is 27.8 Å². The number of hydrogen-bond donors (Lipinski definition) is 2. The Morgan fingerprint density at radius 1 is 1.17 bits per heavy atom. The molecule has 2 heterocycles. The minimum absolute atomic E-state index is 0.0186. The van der Waals surface area contributed by atoms with Crippen LogP contribution in [0.3, 0.4) is 0 Å². The molecule has 2 atom stereocenters. The van der Waals surface area contributed by atoms with Gasteiger partial charge in [-0.2, -0.15) is 0 Å². The van der Waals surface area contributed by atoms with E-state index in [1.54, 1.807) is 24.3 Å². The number of carbonyl (C=O) groups is 2. The third-order valence-electron chi connectivity index (χ3n) is 3.93. The number of para-hydroxylation sites is 2. The molecule has 0 spiro atoms. The minimum atomic E-state index is -3.02. The monoisotopic (exact) mass is 354 g/mol. The molecule has 1 saturated heterocycles. The summed E-state index contributed by atoms with van der Waals surface area (Å²) in [5.74, 6) is 0.00116. The van der Waals surface area contributed by atoms with Gasteiger partial charge in [-0.1, -0.05) is 12.1 Å². The van der Waals surface area contributed by atoms with Gasteiger partial charge in [0.05, 0.1) is 11.5 Å². The highest BCUT2D eigenvalue weighted by atomic mass is 32.2. The van der Waals surface area contributed by atoms with Crippen LogP contribution < -0.4 is 20.3 Å². The van der Waals surface area contributed by atoms with Crippen LogP contribution in [0.5, 0.6) is 11.5 Å². The summed E-state index contributed by atoms with van der Waals surface area (Å²) in [4.78, 5) is 23.8. The second-order valence-corrected chi connectivity index (χ2v) is 8.10. The van der Waals surface area contributed by atoms with Crippen molar-refractivity contribution in [3.8, 4) is 11.5 Å². The Morgan fingerprint density at radius 2 is 1.92 bits per heavy atom. The quantitative estimate of drug-likeness (QED) is 0.727. The van der Waals surface area contributed by atoms with Crippen LogP contribution in [0, 0.1) is 5.92 Å². The highest BCUT2D eigenvalue weighted by Crippen LogP contribution is 2.30. The molecule has 24 heavy (non-hydrogen) atoms. The lowest BCUT2D eigenvalue weighted by atomic mass is 10.1. The van der Waals surface area contributed by atoms with Crippen molar-refractivity contribution in [1.29, 1.82) is 0 Å². The number of nitrogens with one attached hydrogen (secondary N) is 2. The molecule has 2 aliphatic heterocycles. The molecule has 0 aliphatic carbocycles. The van der Waals surface area contributed by atoms with Crippen molar-refractivity contribution >= 4 is 21.7 Å². The molecule has 0 saturated carbocycles. The molecular weight excluding hydrogens is 336 g/mol. The van der Waals surface area contributed by atoms with Crippen molar-refractivity contribution < 1.29 is 27.5 Å². The molecule has 0 unspecified atom stereocenters. The number of rotatable bonds is 3. The Morgan fingerprint density at radius 3 is 2.62 bits per heavy atom. The molecule has 1 aromatic carbocycles. The van der Waals surface area contributed by atoms with Crippen LogP contribution in [0.4, 0.5) is 0 Å². The minimum Gasteiger partial charge on any atom is -0.485 e. The summed E-state index contributed by atoms with van der Waals surface area (Å²) in [5, 5.41) is 0. The molecule has 0 bridgehead atoms. The zero-order valence-corrected chi connectivity index (χ0v) is 13.7. The standard InChI is InChI=1S/C15H18N2O6S/c18-14(7-10-5-6-24(20,21)9-10)16-17-15(19)13-8-22-11-3-1-2-4-12(11)23-13/h1-4,10,13H,5-9H2,(H,16,18)(H,17,19)/t10-,13-/m0/s1. The zero-order chi connectivity index (χ0) is 17.2. The molecular formula is C15H18N2O6S. The average molecular weight is 354 g/mol. The smallest absolute Gasteiger partial charge is 0.283 e. The number of hydrogen-bond acceptors (Lipinski definition) is 6. The van der Waals surface area contributed by atoms with Crippen LogP contribution in [0.25, 0.3) is 0 Å². The lowest BCUT2D eigenvalue weighted by molar-refractivity contribution is -0.135. The maximum absolute atomic E-state index is 12.0. The summed E-state index contributed by atoms with van der Waals surface area (Å²) in [6, 6.07) is 6.99. The third-order valence-corrected chi connectivity index (χ3v) is 5.76. The SMILES string of the molecule is O=C(C[C@@H]1CCS(=O)(=O)C1)NNC(=O)[C@@H]1COc2ccccc2O1. The first-order valence-corrected chi connectivity index (χ1v) is 9.43. The van der Waals surface area contributed by atoms with Gasteiger partial charge in [0.25, 0.3) is 5.91 Å². The summed E-state index contributed by atoms with van der Waals surface area (Å²) in [6.07, 6.45) is -0.336. The van der Waals surface area contributed by atoms with Gasteiger partial charge < -0.3 is 9.47 Å². The van der Waals surface area contributed by atoms with E-state index in [0.717, 1.165) is 0 Å². The van der Waals surface area contributed by atoms with Crippen molar-refractivity contribution in [2.24, 2.45) is 5.92 Å². The number of sulfone groups is 1. The number of amides is 2. The largest absolute Gasteiger partial charge is 0.485 e. The van der Waals surface area contributed by atoms with Gasteiger partial charge in [0.2, 0.25) is 12.0 Å². The molecule has 3 rings (SSSR count). The second-order valence-electron chi connectivity index (χ2n) is 5.87. The molecule has 8 nitrogen and oxygen atoms in total. The molecule has 2 N–H and O–H groups in total. The molecule has 130 valence electrons. The summed E-state index contributed by atoms with van der Waals surface area (Å²) in [6.45, 7) is 0.0413.